The Kier molecular flexibility index (Phi) is 7.53. The summed E-state index contributed by atoms with van der Waals surface area (Å²) in [6.07, 6.45) is 3.13. The van der Waals surface area contributed by atoms with Crippen LogP contribution in [0.4, 0.5) is 0 Å². The van der Waals surface area contributed by atoms with Gasteiger partial charge in [0.15, 0.2) is 11.3 Å². The largest absolute Gasteiger partial charge is 0.449 e. The number of aryl methyl sites for hydroxylation is 1. The lowest BCUT2D eigenvalue weighted by Crippen LogP contribution is -2.49. The highest BCUT2D eigenvalue weighted by Crippen LogP contribution is 2.32. The van der Waals surface area contributed by atoms with Crippen molar-refractivity contribution >= 4 is 46.8 Å². The third-order valence-electron chi connectivity index (χ3n) is 4.90. The molecule has 0 bridgehead atoms. The molecule has 1 fully saturated rings. The number of carbonyl (C=O) groups excluding carboxylic acids is 2. The van der Waals surface area contributed by atoms with Crippen LogP contribution in [-0.2, 0) is 4.79 Å². The van der Waals surface area contributed by atoms with Crippen LogP contribution in [0, 0.1) is 6.92 Å². The summed E-state index contributed by atoms with van der Waals surface area (Å²) in [6, 6.07) is 5.45. The van der Waals surface area contributed by atoms with Gasteiger partial charge in [0.2, 0.25) is 5.91 Å². The van der Waals surface area contributed by atoms with Crippen molar-refractivity contribution in [1.29, 1.82) is 0 Å². The van der Waals surface area contributed by atoms with E-state index in [0.29, 0.717) is 42.4 Å². The maximum atomic E-state index is 13.1. The summed E-state index contributed by atoms with van der Waals surface area (Å²) in [7, 11) is 0. The molecule has 8 heteroatoms. The number of nitrogens with one attached hydrogen (secondary N) is 1. The summed E-state index contributed by atoms with van der Waals surface area (Å²) in [5.74, 6) is 0.0954. The quantitative estimate of drug-likeness (QED) is 0.786. The number of hydrogen-bond donors (Lipinski definition) is 2. The second-order valence-electron chi connectivity index (χ2n) is 6.66. The molecule has 1 aromatic carbocycles. The van der Waals surface area contributed by atoms with Crippen LogP contribution in [-0.4, -0.2) is 42.4 Å². The van der Waals surface area contributed by atoms with Crippen molar-refractivity contribution in [1.82, 2.24) is 10.2 Å². The minimum absolute atomic E-state index is 0. The third kappa shape index (κ3) is 4.57. The van der Waals surface area contributed by atoms with E-state index >= 15 is 0 Å². The minimum atomic E-state index is -0.146. The molecular weight excluding hydrogens is 389 g/mol. The van der Waals surface area contributed by atoms with E-state index in [1.165, 1.54) is 0 Å². The van der Waals surface area contributed by atoms with E-state index in [1.807, 2.05) is 24.0 Å². The molecule has 0 radical (unpaired) electrons. The summed E-state index contributed by atoms with van der Waals surface area (Å²) in [4.78, 5) is 26.7. The van der Waals surface area contributed by atoms with Crippen molar-refractivity contribution in [3.05, 3.63) is 34.5 Å². The first-order valence-electron chi connectivity index (χ1n) is 8.98. The number of piperidine rings is 1. The molecule has 2 aromatic rings. The fourth-order valence-electron chi connectivity index (χ4n) is 3.47. The number of likely N-dealkylation sites (tertiary alicyclic amines) is 1. The highest BCUT2D eigenvalue weighted by atomic mass is 35.5. The topological polar surface area (TPSA) is 88.6 Å². The lowest BCUT2D eigenvalue weighted by Gasteiger charge is -2.35. The number of furan rings is 1. The van der Waals surface area contributed by atoms with Crippen LogP contribution in [0.1, 0.15) is 41.8 Å². The summed E-state index contributed by atoms with van der Waals surface area (Å²) in [5, 5.41) is 4.22. The molecule has 2 amide bonds. The van der Waals surface area contributed by atoms with Crippen LogP contribution < -0.4 is 11.1 Å². The van der Waals surface area contributed by atoms with Crippen molar-refractivity contribution < 1.29 is 14.0 Å². The lowest BCUT2D eigenvalue weighted by atomic mass is 10.0. The number of fused-ring (bicyclic) bond motifs is 1. The smallest absolute Gasteiger partial charge is 0.290 e. The maximum Gasteiger partial charge on any atom is 0.290 e. The van der Waals surface area contributed by atoms with Crippen molar-refractivity contribution in [3.8, 4) is 0 Å². The molecule has 3 N–H and O–H groups in total. The Morgan fingerprint density at radius 3 is 2.85 bits per heavy atom. The van der Waals surface area contributed by atoms with Gasteiger partial charge in [-0.05, 0) is 32.3 Å². The van der Waals surface area contributed by atoms with Gasteiger partial charge >= 0.3 is 0 Å². The Morgan fingerprint density at radius 2 is 2.15 bits per heavy atom. The number of halogens is 2. The second kappa shape index (κ2) is 9.44. The molecule has 6 nitrogen and oxygen atoms in total. The third-order valence-corrected chi connectivity index (χ3v) is 5.20. The molecule has 148 valence electrons. The van der Waals surface area contributed by atoms with E-state index < -0.39 is 0 Å². The monoisotopic (exact) mass is 413 g/mol. The first kappa shape index (κ1) is 21.5. The summed E-state index contributed by atoms with van der Waals surface area (Å²) in [5.41, 5.74) is 6.74. The fourth-order valence-corrected chi connectivity index (χ4v) is 3.69. The van der Waals surface area contributed by atoms with E-state index in [1.54, 1.807) is 6.07 Å². The summed E-state index contributed by atoms with van der Waals surface area (Å²) < 4.78 is 5.83. The molecular formula is C19H25Cl2N3O3. The molecule has 27 heavy (non-hydrogen) atoms. The van der Waals surface area contributed by atoms with Crippen LogP contribution in [0.2, 0.25) is 5.02 Å². The minimum Gasteiger partial charge on any atom is -0.449 e. The lowest BCUT2D eigenvalue weighted by molar-refractivity contribution is -0.121. The fraction of sp³-hybridized carbons (Fsp3) is 0.474. The van der Waals surface area contributed by atoms with E-state index in [9.17, 15) is 9.59 Å². The summed E-state index contributed by atoms with van der Waals surface area (Å²) >= 11 is 6.20. The standard InChI is InChI=1S/C19H24ClN3O3.ClH/c1-12-14-6-4-7-15(20)18(14)26-17(12)19(25)23-10-3-2-5-13(23)11-22-16(24)8-9-21;/h4,6-7,13H,2-3,5,8-11,21H2,1H3,(H,22,24);1H. The number of benzene rings is 1. The van der Waals surface area contributed by atoms with Gasteiger partial charge in [0.25, 0.3) is 5.91 Å². The molecule has 1 saturated heterocycles. The van der Waals surface area contributed by atoms with Crippen molar-refractivity contribution in [3.63, 3.8) is 0 Å². The predicted molar refractivity (Wildman–Crippen MR) is 109 cm³/mol. The normalized spacial score (nSPS) is 16.9. The average Bonchev–Trinajstić information content (AvgIpc) is 2.98. The number of carbonyl (C=O) groups is 2. The van der Waals surface area contributed by atoms with Crippen LogP contribution >= 0.6 is 24.0 Å². The zero-order valence-corrected chi connectivity index (χ0v) is 16.9. The van der Waals surface area contributed by atoms with E-state index in [0.717, 1.165) is 30.2 Å². The molecule has 3 rings (SSSR count). The second-order valence-corrected chi connectivity index (χ2v) is 7.07. The van der Waals surface area contributed by atoms with Gasteiger partial charge in [0, 0.05) is 43.0 Å². The Balaban J connectivity index is 0.00000261. The molecule has 1 unspecified atom stereocenters. The molecule has 1 aliphatic rings. The van der Waals surface area contributed by atoms with Gasteiger partial charge in [0.05, 0.1) is 5.02 Å². The molecule has 1 aliphatic heterocycles. The van der Waals surface area contributed by atoms with Gasteiger partial charge in [-0.15, -0.1) is 12.4 Å². The SMILES string of the molecule is Cc1c(C(=O)N2CCCCC2CNC(=O)CCN)oc2c(Cl)cccc12.Cl. The zero-order chi connectivity index (χ0) is 18.7. The molecule has 0 spiro atoms. The van der Waals surface area contributed by atoms with Crippen molar-refractivity contribution in [2.24, 2.45) is 5.73 Å². The number of hydrogen-bond acceptors (Lipinski definition) is 4. The highest BCUT2D eigenvalue weighted by Gasteiger charge is 2.31. The summed E-state index contributed by atoms with van der Waals surface area (Å²) in [6.45, 7) is 3.28. The number of rotatable bonds is 5. The highest BCUT2D eigenvalue weighted by molar-refractivity contribution is 6.35. The maximum absolute atomic E-state index is 13.1. The van der Waals surface area contributed by atoms with Gasteiger partial charge in [0.1, 0.15) is 0 Å². The molecule has 2 heterocycles. The molecule has 0 saturated carbocycles. The Labute approximate surface area is 169 Å². The Bertz CT molecular complexity index is 822. The van der Waals surface area contributed by atoms with E-state index in [2.05, 4.69) is 5.32 Å². The zero-order valence-electron chi connectivity index (χ0n) is 15.3. The van der Waals surface area contributed by atoms with E-state index in [4.69, 9.17) is 21.8 Å². The van der Waals surface area contributed by atoms with Gasteiger partial charge in [-0.1, -0.05) is 23.7 Å². The first-order valence-corrected chi connectivity index (χ1v) is 9.36. The van der Waals surface area contributed by atoms with Crippen molar-refractivity contribution in [2.75, 3.05) is 19.6 Å². The van der Waals surface area contributed by atoms with Gasteiger partial charge < -0.3 is 20.4 Å². The van der Waals surface area contributed by atoms with Crippen LogP contribution in [0.25, 0.3) is 11.0 Å². The number of amides is 2. The number of nitrogens with zero attached hydrogens (tertiary/aromatic N) is 1. The van der Waals surface area contributed by atoms with Gasteiger partial charge in [-0.3, -0.25) is 9.59 Å². The Morgan fingerprint density at radius 1 is 1.37 bits per heavy atom. The van der Waals surface area contributed by atoms with Gasteiger partial charge in [-0.2, -0.15) is 0 Å². The van der Waals surface area contributed by atoms with Gasteiger partial charge in [-0.25, -0.2) is 0 Å². The first-order chi connectivity index (χ1) is 12.5. The van der Waals surface area contributed by atoms with E-state index in [-0.39, 0.29) is 30.3 Å². The average molecular weight is 414 g/mol. The molecule has 1 atom stereocenters. The predicted octanol–water partition coefficient (Wildman–Crippen LogP) is 3.28. The van der Waals surface area contributed by atoms with Crippen LogP contribution in [0.3, 0.4) is 0 Å². The molecule has 0 aliphatic carbocycles. The number of para-hydroxylation sites is 1. The van der Waals surface area contributed by atoms with Crippen LogP contribution in [0.15, 0.2) is 22.6 Å². The molecule has 1 aromatic heterocycles. The number of nitrogens with two attached hydrogens (primary N) is 1. The Hall–Kier alpha value is -1.76. The van der Waals surface area contributed by atoms with Crippen LogP contribution in [0.5, 0.6) is 0 Å². The van der Waals surface area contributed by atoms with Crippen molar-refractivity contribution in [2.45, 2.75) is 38.6 Å².